The van der Waals surface area contributed by atoms with E-state index in [0.717, 1.165) is 25.9 Å². The summed E-state index contributed by atoms with van der Waals surface area (Å²) in [5.41, 5.74) is 2.68. The number of amides is 1. The number of ether oxygens (including phenoxy) is 1. The van der Waals surface area contributed by atoms with E-state index in [4.69, 9.17) is 16.3 Å². The molecule has 0 fully saturated rings. The highest BCUT2D eigenvalue weighted by Crippen LogP contribution is 2.19. The zero-order valence-electron chi connectivity index (χ0n) is 13.2. The van der Waals surface area contributed by atoms with Crippen molar-refractivity contribution < 1.29 is 9.53 Å². The lowest BCUT2D eigenvalue weighted by Gasteiger charge is -2.24. The van der Waals surface area contributed by atoms with Gasteiger partial charge in [-0.3, -0.25) is 4.79 Å². The Morgan fingerprint density at radius 2 is 1.61 bits per heavy atom. The number of carbonyl (C=O) groups excluding carboxylic acids is 1. The summed E-state index contributed by atoms with van der Waals surface area (Å²) in [4.78, 5) is 14.6. The first-order valence-electron chi connectivity index (χ1n) is 7.91. The molecule has 0 aliphatic carbocycles. The average molecular weight is 330 g/mol. The van der Waals surface area contributed by atoms with Crippen molar-refractivity contribution in [3.8, 4) is 5.75 Å². The molecule has 1 aliphatic rings. The number of fused-ring (bicyclic) bond motifs is 1. The third-order valence-electron chi connectivity index (χ3n) is 4.21. The van der Waals surface area contributed by atoms with Gasteiger partial charge in [-0.2, -0.15) is 0 Å². The Morgan fingerprint density at radius 1 is 1.04 bits per heavy atom. The van der Waals surface area contributed by atoms with E-state index < -0.39 is 6.10 Å². The summed E-state index contributed by atoms with van der Waals surface area (Å²) in [6, 6.07) is 15.5. The lowest BCUT2D eigenvalue weighted by atomic mass is 10.0. The maximum Gasteiger partial charge on any atom is 0.263 e. The minimum atomic E-state index is -0.502. The van der Waals surface area contributed by atoms with Crippen LogP contribution in [0.25, 0.3) is 0 Å². The molecule has 1 aliphatic heterocycles. The summed E-state index contributed by atoms with van der Waals surface area (Å²) >= 11 is 5.86. The Balaban J connectivity index is 1.63. The van der Waals surface area contributed by atoms with Gasteiger partial charge in [0, 0.05) is 18.1 Å². The molecule has 0 radical (unpaired) electrons. The molecule has 0 N–H and O–H groups in total. The molecular formula is C19H20ClNO2. The summed E-state index contributed by atoms with van der Waals surface area (Å²) in [6.45, 7) is 3.28. The topological polar surface area (TPSA) is 29.5 Å². The number of halogens is 1. The molecule has 1 amide bonds. The molecule has 120 valence electrons. The highest BCUT2D eigenvalue weighted by Gasteiger charge is 2.24. The van der Waals surface area contributed by atoms with Crippen LogP contribution < -0.4 is 4.74 Å². The molecule has 1 atom stereocenters. The maximum absolute atomic E-state index is 12.6. The third kappa shape index (κ3) is 3.85. The van der Waals surface area contributed by atoms with Crippen molar-refractivity contribution in [2.45, 2.75) is 25.9 Å². The number of benzene rings is 2. The van der Waals surface area contributed by atoms with E-state index in [1.165, 1.54) is 11.1 Å². The fraction of sp³-hybridized carbons (Fsp3) is 0.316. The monoisotopic (exact) mass is 329 g/mol. The molecule has 0 bridgehead atoms. The summed E-state index contributed by atoms with van der Waals surface area (Å²) in [6.07, 6.45) is 1.29. The number of rotatable bonds is 3. The van der Waals surface area contributed by atoms with E-state index in [0.29, 0.717) is 10.8 Å². The van der Waals surface area contributed by atoms with E-state index in [2.05, 4.69) is 24.3 Å². The van der Waals surface area contributed by atoms with Gasteiger partial charge >= 0.3 is 0 Å². The number of carbonyl (C=O) groups is 1. The molecule has 0 saturated heterocycles. The second-order valence-electron chi connectivity index (χ2n) is 5.81. The first-order valence-corrected chi connectivity index (χ1v) is 8.29. The minimum absolute atomic E-state index is 0.0350. The Kier molecular flexibility index (Phi) is 4.87. The molecule has 23 heavy (non-hydrogen) atoms. The highest BCUT2D eigenvalue weighted by atomic mass is 35.5. The Hall–Kier alpha value is -2.00. The molecule has 0 aromatic heterocycles. The van der Waals surface area contributed by atoms with Gasteiger partial charge in [-0.25, -0.2) is 0 Å². The summed E-state index contributed by atoms with van der Waals surface area (Å²) < 4.78 is 5.75. The van der Waals surface area contributed by atoms with E-state index in [-0.39, 0.29) is 5.91 Å². The number of nitrogens with zero attached hydrogens (tertiary/aromatic N) is 1. The van der Waals surface area contributed by atoms with Crippen LogP contribution in [-0.2, 0) is 17.6 Å². The molecular weight excluding hydrogens is 310 g/mol. The summed E-state index contributed by atoms with van der Waals surface area (Å²) in [5, 5.41) is 0.654. The van der Waals surface area contributed by atoms with Crippen LogP contribution in [0.3, 0.4) is 0 Å². The van der Waals surface area contributed by atoms with Gasteiger partial charge in [0.15, 0.2) is 6.10 Å². The van der Waals surface area contributed by atoms with Gasteiger partial charge in [-0.1, -0.05) is 35.9 Å². The molecule has 1 heterocycles. The minimum Gasteiger partial charge on any atom is -0.481 e. The van der Waals surface area contributed by atoms with Crippen molar-refractivity contribution in [3.05, 3.63) is 64.7 Å². The van der Waals surface area contributed by atoms with Crippen molar-refractivity contribution in [2.75, 3.05) is 13.1 Å². The van der Waals surface area contributed by atoms with Crippen LogP contribution in [0.4, 0.5) is 0 Å². The third-order valence-corrected chi connectivity index (χ3v) is 4.46. The van der Waals surface area contributed by atoms with Gasteiger partial charge in [0.1, 0.15) is 5.75 Å². The van der Waals surface area contributed by atoms with Crippen molar-refractivity contribution in [1.82, 2.24) is 4.90 Å². The smallest absolute Gasteiger partial charge is 0.263 e. The molecule has 0 spiro atoms. The van der Waals surface area contributed by atoms with Gasteiger partial charge in [-0.15, -0.1) is 0 Å². The lowest BCUT2D eigenvalue weighted by molar-refractivity contribution is -0.137. The van der Waals surface area contributed by atoms with Crippen molar-refractivity contribution >= 4 is 17.5 Å². The quantitative estimate of drug-likeness (QED) is 0.858. The predicted molar refractivity (Wildman–Crippen MR) is 92.0 cm³/mol. The van der Waals surface area contributed by atoms with Crippen LogP contribution in [0, 0.1) is 0 Å². The molecule has 2 aromatic rings. The second-order valence-corrected chi connectivity index (χ2v) is 6.24. The fourth-order valence-electron chi connectivity index (χ4n) is 2.91. The predicted octanol–water partition coefficient (Wildman–Crippen LogP) is 3.73. The first-order chi connectivity index (χ1) is 11.1. The van der Waals surface area contributed by atoms with Gasteiger partial charge < -0.3 is 9.64 Å². The SMILES string of the molecule is CC(Oc1ccc(Cl)cc1)C(=O)N1CCc2ccccc2CC1. The molecule has 3 nitrogen and oxygen atoms in total. The fourth-order valence-corrected chi connectivity index (χ4v) is 3.04. The molecule has 0 saturated carbocycles. The van der Waals surface area contributed by atoms with Crippen LogP contribution >= 0.6 is 11.6 Å². The van der Waals surface area contributed by atoms with Crippen molar-refractivity contribution in [3.63, 3.8) is 0 Å². The van der Waals surface area contributed by atoms with Crippen molar-refractivity contribution in [1.29, 1.82) is 0 Å². The largest absolute Gasteiger partial charge is 0.481 e. The van der Waals surface area contributed by atoms with E-state index in [1.54, 1.807) is 31.2 Å². The van der Waals surface area contributed by atoms with Gasteiger partial charge in [0.2, 0.25) is 0 Å². The molecule has 4 heteroatoms. The van der Waals surface area contributed by atoms with E-state index in [1.807, 2.05) is 4.90 Å². The van der Waals surface area contributed by atoms with Gasteiger partial charge in [0.25, 0.3) is 5.91 Å². The van der Waals surface area contributed by atoms with Gasteiger partial charge in [-0.05, 0) is 55.2 Å². The maximum atomic E-state index is 12.6. The Labute approximate surface area is 141 Å². The van der Waals surface area contributed by atoms with Crippen LogP contribution in [-0.4, -0.2) is 30.0 Å². The number of hydrogen-bond donors (Lipinski definition) is 0. The van der Waals surface area contributed by atoms with Crippen LogP contribution in [0.5, 0.6) is 5.75 Å². The van der Waals surface area contributed by atoms with Crippen LogP contribution in [0.1, 0.15) is 18.1 Å². The molecule has 1 unspecified atom stereocenters. The lowest BCUT2D eigenvalue weighted by Crippen LogP contribution is -2.41. The van der Waals surface area contributed by atoms with E-state index >= 15 is 0 Å². The van der Waals surface area contributed by atoms with Crippen molar-refractivity contribution in [2.24, 2.45) is 0 Å². The van der Waals surface area contributed by atoms with Gasteiger partial charge in [0.05, 0.1) is 0 Å². The first kappa shape index (κ1) is 15.9. The Bertz CT molecular complexity index is 657. The normalized spacial score (nSPS) is 15.5. The highest BCUT2D eigenvalue weighted by molar-refractivity contribution is 6.30. The number of hydrogen-bond acceptors (Lipinski definition) is 2. The summed E-state index contributed by atoms with van der Waals surface area (Å²) in [7, 11) is 0. The van der Waals surface area contributed by atoms with Crippen LogP contribution in [0.15, 0.2) is 48.5 Å². The second kappa shape index (κ2) is 7.05. The molecule has 2 aromatic carbocycles. The Morgan fingerprint density at radius 3 is 2.17 bits per heavy atom. The average Bonchev–Trinajstić information content (AvgIpc) is 2.79. The zero-order valence-corrected chi connectivity index (χ0v) is 13.9. The zero-order chi connectivity index (χ0) is 16.2. The van der Waals surface area contributed by atoms with E-state index in [9.17, 15) is 4.79 Å². The standard InChI is InChI=1S/C19H20ClNO2/c1-14(23-18-8-6-17(20)7-9-18)19(22)21-12-10-15-4-2-3-5-16(15)11-13-21/h2-9,14H,10-13H2,1H3. The molecule has 3 rings (SSSR count). The van der Waals surface area contributed by atoms with Crippen LogP contribution in [0.2, 0.25) is 5.02 Å². The summed E-state index contributed by atoms with van der Waals surface area (Å²) in [5.74, 6) is 0.695.